The van der Waals surface area contributed by atoms with Crippen molar-refractivity contribution in [1.29, 1.82) is 0 Å². The van der Waals surface area contributed by atoms with E-state index in [4.69, 9.17) is 10.5 Å². The highest BCUT2D eigenvalue weighted by molar-refractivity contribution is 5.84. The summed E-state index contributed by atoms with van der Waals surface area (Å²) in [5.74, 6) is -0.455. The topological polar surface area (TPSA) is 101 Å². The number of nitrogens with zero attached hydrogens (tertiary/aromatic N) is 2. The molecule has 27 heavy (non-hydrogen) atoms. The summed E-state index contributed by atoms with van der Waals surface area (Å²) in [6, 6.07) is 1.83. The molecule has 10 heteroatoms. The highest BCUT2D eigenvalue weighted by atomic mass is 19.4. The van der Waals surface area contributed by atoms with Gasteiger partial charge >= 0.3 is 6.18 Å². The number of aromatic nitrogens is 2. The lowest BCUT2D eigenvalue weighted by atomic mass is 9.98. The Morgan fingerprint density at radius 1 is 1.44 bits per heavy atom. The maximum atomic E-state index is 13.6. The van der Waals surface area contributed by atoms with Crippen molar-refractivity contribution in [3.63, 3.8) is 0 Å². The molecule has 0 saturated carbocycles. The summed E-state index contributed by atoms with van der Waals surface area (Å²) < 4.78 is 45.6. The standard InChI is InChI=1S/C17H19F3N4O3/c1-27-6-4-13(25)24-5-2-3-12(24)9-7-10(17(18,19)20)14-11(8-9)22-16(21)23-15(14)26/h7-8,12H,2-6H2,1H3,(H3,21,22,23,26). The van der Waals surface area contributed by atoms with Gasteiger partial charge in [-0.25, -0.2) is 4.98 Å². The first-order chi connectivity index (χ1) is 12.7. The van der Waals surface area contributed by atoms with Crippen molar-refractivity contribution >= 4 is 22.8 Å². The molecule has 1 aliphatic rings. The molecule has 2 aromatic rings. The molecule has 1 atom stereocenters. The van der Waals surface area contributed by atoms with Crippen molar-refractivity contribution in [3.05, 3.63) is 33.6 Å². The molecule has 7 nitrogen and oxygen atoms in total. The molecule has 3 rings (SSSR count). The van der Waals surface area contributed by atoms with E-state index in [-0.39, 0.29) is 36.0 Å². The number of carbonyl (C=O) groups excluding carboxylic acids is 1. The number of hydrogen-bond acceptors (Lipinski definition) is 5. The number of aromatic amines is 1. The minimum absolute atomic E-state index is 0.141. The van der Waals surface area contributed by atoms with Gasteiger partial charge in [-0.1, -0.05) is 0 Å². The number of likely N-dealkylation sites (tertiary alicyclic amines) is 1. The summed E-state index contributed by atoms with van der Waals surface area (Å²) in [5, 5.41) is -0.560. The van der Waals surface area contributed by atoms with Gasteiger partial charge in [0.25, 0.3) is 5.56 Å². The van der Waals surface area contributed by atoms with Crippen LogP contribution in [0.25, 0.3) is 10.9 Å². The van der Waals surface area contributed by atoms with Crippen molar-refractivity contribution in [3.8, 4) is 0 Å². The molecule has 0 radical (unpaired) electrons. The third kappa shape index (κ3) is 3.75. The molecule has 1 fully saturated rings. The SMILES string of the molecule is COCCC(=O)N1CCCC1c1cc(C(F)(F)F)c2c(=O)[nH]c(N)nc2c1. The molecule has 0 aliphatic carbocycles. The highest BCUT2D eigenvalue weighted by Crippen LogP contribution is 2.39. The van der Waals surface area contributed by atoms with E-state index in [1.165, 1.54) is 13.2 Å². The lowest BCUT2D eigenvalue weighted by molar-refractivity contribution is -0.136. The van der Waals surface area contributed by atoms with Crippen LogP contribution in [0.3, 0.4) is 0 Å². The molecular weight excluding hydrogens is 365 g/mol. The van der Waals surface area contributed by atoms with Crippen LogP contribution in [0.15, 0.2) is 16.9 Å². The first-order valence-corrected chi connectivity index (χ1v) is 8.41. The van der Waals surface area contributed by atoms with E-state index in [2.05, 4.69) is 9.97 Å². The Morgan fingerprint density at radius 2 is 2.19 bits per heavy atom. The van der Waals surface area contributed by atoms with Gasteiger partial charge in [-0.2, -0.15) is 13.2 Å². The van der Waals surface area contributed by atoms with Crippen molar-refractivity contribution in [2.24, 2.45) is 0 Å². The van der Waals surface area contributed by atoms with Crippen LogP contribution in [-0.2, 0) is 15.7 Å². The van der Waals surface area contributed by atoms with E-state index >= 15 is 0 Å². The van der Waals surface area contributed by atoms with Gasteiger partial charge in [0.1, 0.15) is 0 Å². The Balaban J connectivity index is 2.12. The van der Waals surface area contributed by atoms with Gasteiger partial charge in [0, 0.05) is 13.7 Å². The largest absolute Gasteiger partial charge is 0.417 e. The Hall–Kier alpha value is -2.62. The van der Waals surface area contributed by atoms with E-state index in [1.54, 1.807) is 4.90 Å². The number of nitrogens with one attached hydrogen (secondary N) is 1. The number of methoxy groups -OCH3 is 1. The van der Waals surface area contributed by atoms with Crippen molar-refractivity contribution in [1.82, 2.24) is 14.9 Å². The van der Waals surface area contributed by atoms with Crippen LogP contribution in [0.1, 0.15) is 36.4 Å². The van der Waals surface area contributed by atoms with Crippen LogP contribution in [-0.4, -0.2) is 41.0 Å². The quantitative estimate of drug-likeness (QED) is 0.842. The number of hydrogen-bond donors (Lipinski definition) is 2. The van der Waals surface area contributed by atoms with Gasteiger partial charge in [0.15, 0.2) is 0 Å². The van der Waals surface area contributed by atoms with Gasteiger partial charge in [-0.05, 0) is 30.5 Å². The first-order valence-electron chi connectivity index (χ1n) is 8.41. The zero-order valence-electron chi connectivity index (χ0n) is 14.6. The second-order valence-electron chi connectivity index (χ2n) is 6.40. The second-order valence-corrected chi connectivity index (χ2v) is 6.40. The number of nitrogen functional groups attached to an aromatic ring is 1. The van der Waals surface area contributed by atoms with Crippen molar-refractivity contribution in [2.45, 2.75) is 31.5 Å². The van der Waals surface area contributed by atoms with Gasteiger partial charge in [0.2, 0.25) is 11.9 Å². The lowest BCUT2D eigenvalue weighted by Crippen LogP contribution is -2.31. The summed E-state index contributed by atoms with van der Waals surface area (Å²) in [5.41, 5.74) is 3.61. The summed E-state index contributed by atoms with van der Waals surface area (Å²) in [6.45, 7) is 0.693. The number of nitrogens with two attached hydrogens (primary N) is 1. The van der Waals surface area contributed by atoms with Crippen LogP contribution in [0, 0.1) is 0 Å². The van der Waals surface area contributed by atoms with E-state index in [0.717, 1.165) is 6.07 Å². The van der Waals surface area contributed by atoms with E-state index in [0.29, 0.717) is 19.4 Å². The van der Waals surface area contributed by atoms with Gasteiger partial charge in [-0.3, -0.25) is 14.6 Å². The summed E-state index contributed by atoms with van der Waals surface area (Å²) in [6.07, 6.45) is -3.39. The molecule has 0 bridgehead atoms. The smallest absolute Gasteiger partial charge is 0.384 e. The minimum Gasteiger partial charge on any atom is -0.384 e. The number of fused-ring (bicyclic) bond motifs is 1. The van der Waals surface area contributed by atoms with Crippen LogP contribution >= 0.6 is 0 Å². The number of benzene rings is 1. The highest BCUT2D eigenvalue weighted by Gasteiger charge is 2.37. The van der Waals surface area contributed by atoms with E-state index in [1.807, 2.05) is 0 Å². The van der Waals surface area contributed by atoms with Crippen molar-refractivity contribution in [2.75, 3.05) is 26.0 Å². The minimum atomic E-state index is -4.75. The average Bonchev–Trinajstić information content (AvgIpc) is 3.07. The maximum absolute atomic E-state index is 13.6. The summed E-state index contributed by atoms with van der Waals surface area (Å²) >= 11 is 0. The molecule has 1 aromatic heterocycles. The van der Waals surface area contributed by atoms with Crippen molar-refractivity contribution < 1.29 is 22.7 Å². The number of ether oxygens (including phenoxy) is 1. The number of H-pyrrole nitrogens is 1. The molecule has 2 heterocycles. The number of alkyl halides is 3. The Bertz CT molecular complexity index is 926. The second kappa shape index (κ2) is 7.18. The number of carbonyl (C=O) groups is 1. The Kier molecular flexibility index (Phi) is 5.09. The third-order valence-corrected chi connectivity index (χ3v) is 4.63. The molecule has 1 unspecified atom stereocenters. The monoisotopic (exact) mass is 384 g/mol. The molecule has 1 saturated heterocycles. The fourth-order valence-corrected chi connectivity index (χ4v) is 3.47. The normalized spacial score (nSPS) is 17.6. The van der Waals surface area contributed by atoms with Gasteiger partial charge in [0.05, 0.1) is 35.5 Å². The predicted octanol–water partition coefficient (Wildman–Crippen LogP) is 2.22. The molecular formula is C17H19F3N4O3. The lowest BCUT2D eigenvalue weighted by Gasteiger charge is -2.26. The maximum Gasteiger partial charge on any atom is 0.417 e. The molecule has 1 aromatic carbocycles. The van der Waals surface area contributed by atoms with Crippen LogP contribution < -0.4 is 11.3 Å². The first kappa shape index (κ1) is 19.2. The van der Waals surface area contributed by atoms with E-state index < -0.39 is 28.7 Å². The zero-order chi connectivity index (χ0) is 19.8. The third-order valence-electron chi connectivity index (χ3n) is 4.63. The fraction of sp³-hybridized carbons (Fsp3) is 0.471. The number of rotatable bonds is 4. The molecule has 3 N–H and O–H groups in total. The molecule has 1 aliphatic heterocycles. The van der Waals surface area contributed by atoms with E-state index in [9.17, 15) is 22.8 Å². The zero-order valence-corrected chi connectivity index (χ0v) is 14.6. The Morgan fingerprint density at radius 3 is 2.85 bits per heavy atom. The Labute approximate surface area is 152 Å². The number of halogens is 3. The van der Waals surface area contributed by atoms with Crippen LogP contribution in [0.4, 0.5) is 19.1 Å². The molecule has 146 valence electrons. The fourth-order valence-electron chi connectivity index (χ4n) is 3.47. The predicted molar refractivity (Wildman–Crippen MR) is 92.0 cm³/mol. The summed E-state index contributed by atoms with van der Waals surface area (Å²) in [7, 11) is 1.47. The summed E-state index contributed by atoms with van der Waals surface area (Å²) in [4.78, 5) is 31.9. The molecule has 1 amide bonds. The molecule has 0 spiro atoms. The van der Waals surface area contributed by atoms with Gasteiger partial charge < -0.3 is 15.4 Å². The van der Waals surface area contributed by atoms with Crippen LogP contribution in [0.5, 0.6) is 0 Å². The number of amides is 1. The number of anilines is 1. The van der Waals surface area contributed by atoms with Crippen LogP contribution in [0.2, 0.25) is 0 Å². The average molecular weight is 384 g/mol. The van der Waals surface area contributed by atoms with Gasteiger partial charge in [-0.15, -0.1) is 0 Å².